The van der Waals surface area contributed by atoms with E-state index >= 15 is 0 Å². The van der Waals surface area contributed by atoms with Crippen molar-refractivity contribution in [2.45, 2.75) is 19.4 Å². The topological polar surface area (TPSA) is 49.6 Å². The molecule has 1 aliphatic rings. The molecule has 2 aromatic heterocycles. The van der Waals surface area contributed by atoms with E-state index in [0.29, 0.717) is 12.2 Å². The maximum Gasteiger partial charge on any atom is 0.274 e. The molecule has 1 amide bonds. The van der Waals surface area contributed by atoms with Crippen LogP contribution in [0.1, 0.15) is 34.6 Å². The number of carbonyl (C=O) groups is 1. The van der Waals surface area contributed by atoms with Gasteiger partial charge in [-0.15, -0.1) is 24.8 Å². The van der Waals surface area contributed by atoms with Crippen LogP contribution >= 0.6 is 24.8 Å². The molecule has 0 aliphatic carbocycles. The van der Waals surface area contributed by atoms with Crippen LogP contribution in [0.5, 0.6) is 0 Å². The zero-order valence-electron chi connectivity index (χ0n) is 15.2. The summed E-state index contributed by atoms with van der Waals surface area (Å²) in [6.07, 6.45) is 4.75. The predicted molar refractivity (Wildman–Crippen MR) is 112 cm³/mol. The highest BCUT2D eigenvalue weighted by Gasteiger charge is 2.29. The molecular formula is C20H24Cl2N4O. The van der Waals surface area contributed by atoms with Crippen LogP contribution < -0.4 is 5.32 Å². The lowest BCUT2D eigenvalue weighted by Gasteiger charge is -2.36. The minimum Gasteiger partial charge on any atom is -0.328 e. The molecule has 3 aromatic rings. The molecule has 1 saturated heterocycles. The summed E-state index contributed by atoms with van der Waals surface area (Å²) < 4.78 is 1.89. The average molecular weight is 407 g/mol. The maximum atomic E-state index is 13.1. The summed E-state index contributed by atoms with van der Waals surface area (Å²) in [5.74, 6) is -0.00484. The largest absolute Gasteiger partial charge is 0.328 e. The average Bonchev–Trinajstić information content (AvgIpc) is 3.12. The molecule has 0 bridgehead atoms. The Bertz CT molecular complexity index is 861. The molecule has 1 N–H and O–H groups in total. The summed E-state index contributed by atoms with van der Waals surface area (Å²) in [7, 11) is 0. The number of fused-ring (bicyclic) bond motifs is 1. The molecule has 0 radical (unpaired) electrons. The van der Waals surface area contributed by atoms with Crippen LogP contribution in [-0.2, 0) is 6.42 Å². The zero-order valence-corrected chi connectivity index (χ0v) is 16.8. The predicted octanol–water partition coefficient (Wildman–Crippen LogP) is 3.53. The molecule has 144 valence electrons. The quantitative estimate of drug-likeness (QED) is 0.723. The second kappa shape index (κ2) is 9.22. The van der Waals surface area contributed by atoms with Crippen molar-refractivity contribution in [1.82, 2.24) is 19.6 Å². The first-order valence-corrected chi connectivity index (χ1v) is 8.80. The Morgan fingerprint density at radius 3 is 2.67 bits per heavy atom. The summed E-state index contributed by atoms with van der Waals surface area (Å²) in [4.78, 5) is 19.5. The van der Waals surface area contributed by atoms with Crippen molar-refractivity contribution in [2.24, 2.45) is 0 Å². The van der Waals surface area contributed by atoms with Gasteiger partial charge >= 0.3 is 0 Å². The fourth-order valence-electron chi connectivity index (χ4n) is 3.41. The maximum absolute atomic E-state index is 13.1. The second-order valence-electron chi connectivity index (χ2n) is 6.41. The van der Waals surface area contributed by atoms with Gasteiger partial charge in [0, 0.05) is 32.0 Å². The Hall–Kier alpha value is -2.08. The second-order valence-corrected chi connectivity index (χ2v) is 6.41. The van der Waals surface area contributed by atoms with Crippen molar-refractivity contribution in [3.8, 4) is 0 Å². The Kier molecular flexibility index (Phi) is 7.25. The highest BCUT2D eigenvalue weighted by molar-refractivity contribution is 5.93. The third-order valence-corrected chi connectivity index (χ3v) is 4.86. The molecular weight excluding hydrogens is 383 g/mol. The van der Waals surface area contributed by atoms with Crippen molar-refractivity contribution in [1.29, 1.82) is 0 Å². The van der Waals surface area contributed by atoms with Crippen LogP contribution in [0.25, 0.3) is 5.65 Å². The number of hydrogen-bond acceptors (Lipinski definition) is 3. The highest BCUT2D eigenvalue weighted by atomic mass is 35.5. The van der Waals surface area contributed by atoms with Gasteiger partial charge in [-0.2, -0.15) is 0 Å². The Morgan fingerprint density at radius 1 is 1.19 bits per heavy atom. The molecule has 4 rings (SSSR count). The fraction of sp³-hybridized carbons (Fsp3) is 0.300. The molecule has 0 saturated carbocycles. The molecule has 3 heterocycles. The number of aromatic nitrogens is 2. The first kappa shape index (κ1) is 21.2. The molecule has 5 nitrogen and oxygen atoms in total. The third-order valence-electron chi connectivity index (χ3n) is 4.86. The van der Waals surface area contributed by atoms with Crippen molar-refractivity contribution in [3.63, 3.8) is 0 Å². The Morgan fingerprint density at radius 2 is 1.96 bits per heavy atom. The minimum absolute atomic E-state index is 0. The van der Waals surface area contributed by atoms with Crippen LogP contribution in [0.3, 0.4) is 0 Å². The van der Waals surface area contributed by atoms with Crippen molar-refractivity contribution in [3.05, 3.63) is 71.7 Å². The number of nitrogens with one attached hydrogen (secondary N) is 1. The lowest BCUT2D eigenvalue weighted by Crippen LogP contribution is -2.48. The number of rotatable bonds is 3. The summed E-state index contributed by atoms with van der Waals surface area (Å²) in [6, 6.07) is 14.4. The summed E-state index contributed by atoms with van der Waals surface area (Å²) in [5, 5.41) is 3.41. The van der Waals surface area contributed by atoms with Crippen molar-refractivity contribution >= 4 is 36.4 Å². The first-order chi connectivity index (χ1) is 12.3. The zero-order chi connectivity index (χ0) is 17.2. The number of aryl methyl sites for hydroxylation is 1. The molecule has 7 heteroatoms. The van der Waals surface area contributed by atoms with Crippen LogP contribution in [0.2, 0.25) is 0 Å². The van der Waals surface area contributed by atoms with Crippen LogP contribution in [0.15, 0.2) is 54.9 Å². The summed E-state index contributed by atoms with van der Waals surface area (Å²) in [5.41, 5.74) is 3.78. The highest BCUT2D eigenvalue weighted by Crippen LogP contribution is 2.24. The lowest BCUT2D eigenvalue weighted by atomic mass is 10.0. The van der Waals surface area contributed by atoms with Crippen LogP contribution in [-0.4, -0.2) is 39.8 Å². The number of carbonyl (C=O) groups excluding carboxylic acids is 1. The fourth-order valence-corrected chi connectivity index (χ4v) is 3.41. The number of imidazole rings is 1. The molecule has 1 aliphatic heterocycles. The standard InChI is InChI=1S/C20H22N4O.2ClH/c1-2-15-6-8-16(9-7-15)18-13-21-10-12-24(18)20(25)17-14-23-11-4-3-5-19(23)22-17;;/h3-9,11,14,18,21H,2,10,12-13H2,1H3;2*1H. The molecule has 1 aromatic carbocycles. The monoisotopic (exact) mass is 406 g/mol. The number of amides is 1. The van der Waals surface area contributed by atoms with Gasteiger partial charge in [0.15, 0.2) is 0 Å². The van der Waals surface area contributed by atoms with Gasteiger partial charge in [-0.05, 0) is 29.7 Å². The molecule has 0 spiro atoms. The minimum atomic E-state index is -0.00484. The van der Waals surface area contributed by atoms with Gasteiger partial charge in [-0.3, -0.25) is 4.79 Å². The summed E-state index contributed by atoms with van der Waals surface area (Å²) >= 11 is 0. The third kappa shape index (κ3) is 4.26. The number of hydrogen-bond donors (Lipinski definition) is 1. The van der Waals surface area contributed by atoms with Gasteiger partial charge in [0.2, 0.25) is 0 Å². The van der Waals surface area contributed by atoms with E-state index in [1.807, 2.05) is 39.9 Å². The van der Waals surface area contributed by atoms with E-state index < -0.39 is 0 Å². The summed E-state index contributed by atoms with van der Waals surface area (Å²) in [6.45, 7) is 4.41. The molecule has 1 fully saturated rings. The van der Waals surface area contributed by atoms with Crippen molar-refractivity contribution in [2.75, 3.05) is 19.6 Å². The normalized spacial score (nSPS) is 16.5. The van der Waals surface area contributed by atoms with E-state index in [4.69, 9.17) is 0 Å². The number of benzene rings is 1. The van der Waals surface area contributed by atoms with Gasteiger partial charge in [0.05, 0.1) is 6.04 Å². The lowest BCUT2D eigenvalue weighted by molar-refractivity contribution is 0.0629. The number of piperazine rings is 1. The van der Waals surface area contributed by atoms with Crippen LogP contribution in [0.4, 0.5) is 0 Å². The van der Waals surface area contributed by atoms with Gasteiger partial charge in [0.25, 0.3) is 5.91 Å². The SMILES string of the molecule is CCc1ccc(C2CNCCN2C(=O)c2cn3ccccc3n2)cc1.Cl.Cl. The van der Waals surface area contributed by atoms with E-state index in [9.17, 15) is 4.79 Å². The van der Waals surface area contributed by atoms with Crippen molar-refractivity contribution < 1.29 is 4.79 Å². The molecule has 1 atom stereocenters. The van der Waals surface area contributed by atoms with Gasteiger partial charge < -0.3 is 14.6 Å². The van der Waals surface area contributed by atoms with E-state index in [-0.39, 0.29) is 36.8 Å². The van der Waals surface area contributed by atoms with Gasteiger partial charge in [-0.1, -0.05) is 37.3 Å². The van der Waals surface area contributed by atoms with E-state index in [0.717, 1.165) is 25.2 Å². The number of halogens is 2. The van der Waals surface area contributed by atoms with Gasteiger partial charge in [0.1, 0.15) is 11.3 Å². The van der Waals surface area contributed by atoms with Gasteiger partial charge in [-0.25, -0.2) is 4.98 Å². The van der Waals surface area contributed by atoms with Crippen LogP contribution in [0, 0.1) is 0 Å². The Balaban J connectivity index is 0.00000131. The van der Waals surface area contributed by atoms with E-state index in [2.05, 4.69) is 41.5 Å². The first-order valence-electron chi connectivity index (χ1n) is 8.80. The van der Waals surface area contributed by atoms with E-state index in [1.54, 1.807) is 0 Å². The number of pyridine rings is 1. The Labute approximate surface area is 171 Å². The molecule has 1 unspecified atom stereocenters. The molecule has 27 heavy (non-hydrogen) atoms. The smallest absolute Gasteiger partial charge is 0.274 e. The number of nitrogens with zero attached hydrogens (tertiary/aromatic N) is 3. The van der Waals surface area contributed by atoms with E-state index in [1.165, 1.54) is 11.1 Å².